The van der Waals surface area contributed by atoms with Crippen molar-refractivity contribution in [1.29, 1.82) is 0 Å². The highest BCUT2D eigenvalue weighted by molar-refractivity contribution is 5.23. The van der Waals surface area contributed by atoms with Gasteiger partial charge in [0.15, 0.2) is 0 Å². The lowest BCUT2D eigenvalue weighted by molar-refractivity contribution is 0.226. The number of aliphatic hydroxyl groups is 1. The molecule has 0 bridgehead atoms. The van der Waals surface area contributed by atoms with Gasteiger partial charge in [-0.3, -0.25) is 4.68 Å². The van der Waals surface area contributed by atoms with E-state index in [1.807, 2.05) is 16.9 Å². The van der Waals surface area contributed by atoms with Gasteiger partial charge in [-0.15, -0.1) is 0 Å². The zero-order chi connectivity index (χ0) is 11.8. The Labute approximate surface area is 96.9 Å². The van der Waals surface area contributed by atoms with Crippen molar-refractivity contribution in [3.05, 3.63) is 12.3 Å². The van der Waals surface area contributed by atoms with Crippen LogP contribution in [0.5, 0.6) is 0 Å². The van der Waals surface area contributed by atoms with Crippen LogP contribution in [0.4, 0.5) is 5.82 Å². The highest BCUT2D eigenvalue weighted by atomic mass is 16.3. The monoisotopic (exact) mass is 226 g/mol. The second kappa shape index (κ2) is 7.24. The largest absolute Gasteiger partial charge is 0.396 e. The van der Waals surface area contributed by atoms with E-state index in [-0.39, 0.29) is 6.61 Å². The number of aliphatic hydroxyl groups excluding tert-OH is 1. The second-order valence-electron chi connectivity index (χ2n) is 3.87. The molecule has 1 heterocycles. The first-order valence-corrected chi connectivity index (χ1v) is 5.88. The molecule has 0 spiro atoms. The van der Waals surface area contributed by atoms with Gasteiger partial charge in [0.25, 0.3) is 0 Å². The number of nitrogens with zero attached hydrogens (tertiary/aromatic N) is 3. The summed E-state index contributed by atoms with van der Waals surface area (Å²) in [5.41, 5.74) is 5.53. The van der Waals surface area contributed by atoms with Crippen molar-refractivity contribution < 1.29 is 5.11 Å². The van der Waals surface area contributed by atoms with E-state index in [1.54, 1.807) is 0 Å². The van der Waals surface area contributed by atoms with Gasteiger partial charge in [-0.2, -0.15) is 5.10 Å². The summed E-state index contributed by atoms with van der Waals surface area (Å²) in [5, 5.41) is 12.9. The Balaban J connectivity index is 2.17. The van der Waals surface area contributed by atoms with Crippen LogP contribution < -0.4 is 5.73 Å². The van der Waals surface area contributed by atoms with Gasteiger partial charge >= 0.3 is 0 Å². The van der Waals surface area contributed by atoms with Crippen LogP contribution in [0.3, 0.4) is 0 Å². The third-order valence-electron chi connectivity index (χ3n) is 2.60. The predicted octanol–water partition coefficient (Wildman–Crippen LogP) is 0.560. The smallest absolute Gasteiger partial charge is 0.145 e. The third kappa shape index (κ3) is 4.63. The first-order chi connectivity index (χ1) is 7.76. The zero-order valence-corrected chi connectivity index (χ0v) is 9.97. The molecular weight excluding hydrogens is 204 g/mol. The Bertz CT molecular complexity index is 287. The maximum Gasteiger partial charge on any atom is 0.145 e. The van der Waals surface area contributed by atoms with E-state index in [4.69, 9.17) is 10.8 Å². The minimum atomic E-state index is 0.270. The number of aromatic nitrogens is 2. The molecule has 92 valence electrons. The summed E-state index contributed by atoms with van der Waals surface area (Å²) in [6, 6.07) is 1.81. The summed E-state index contributed by atoms with van der Waals surface area (Å²) in [4.78, 5) is 2.34. The fourth-order valence-electron chi connectivity index (χ4n) is 1.68. The van der Waals surface area contributed by atoms with E-state index in [0.717, 1.165) is 39.0 Å². The average Bonchev–Trinajstić information content (AvgIpc) is 2.69. The summed E-state index contributed by atoms with van der Waals surface area (Å²) in [6.45, 7) is 6.34. The number of hydrogen-bond donors (Lipinski definition) is 2. The molecule has 0 aliphatic heterocycles. The topological polar surface area (TPSA) is 67.3 Å². The lowest BCUT2D eigenvalue weighted by Gasteiger charge is -2.19. The summed E-state index contributed by atoms with van der Waals surface area (Å²) in [6.07, 6.45) is 3.81. The van der Waals surface area contributed by atoms with Gasteiger partial charge in [-0.25, -0.2) is 0 Å². The van der Waals surface area contributed by atoms with E-state index in [1.165, 1.54) is 0 Å². The summed E-state index contributed by atoms with van der Waals surface area (Å²) in [7, 11) is 0. The quantitative estimate of drug-likeness (QED) is 0.679. The molecule has 0 aromatic carbocycles. The molecule has 1 aromatic heterocycles. The molecule has 1 aromatic rings. The van der Waals surface area contributed by atoms with Crippen molar-refractivity contribution in [1.82, 2.24) is 14.7 Å². The van der Waals surface area contributed by atoms with Gasteiger partial charge in [0.05, 0.1) is 0 Å². The predicted molar refractivity (Wildman–Crippen MR) is 65.1 cm³/mol. The molecule has 0 unspecified atom stereocenters. The van der Waals surface area contributed by atoms with Crippen LogP contribution in [-0.4, -0.2) is 46.0 Å². The number of nitrogens with two attached hydrogens (primary N) is 1. The summed E-state index contributed by atoms with van der Waals surface area (Å²) >= 11 is 0. The summed E-state index contributed by atoms with van der Waals surface area (Å²) in [5.74, 6) is 0.577. The van der Waals surface area contributed by atoms with Crippen LogP contribution in [0.15, 0.2) is 12.3 Å². The number of anilines is 1. The SMILES string of the molecule is CCN(CCCO)CCCn1ccc(N)n1. The van der Waals surface area contributed by atoms with Crippen LogP contribution in [-0.2, 0) is 6.54 Å². The Morgan fingerprint density at radius 3 is 2.75 bits per heavy atom. The molecule has 0 aliphatic rings. The van der Waals surface area contributed by atoms with Gasteiger partial charge in [-0.05, 0) is 32.0 Å². The van der Waals surface area contributed by atoms with Crippen molar-refractivity contribution in [3.8, 4) is 0 Å². The van der Waals surface area contributed by atoms with Crippen LogP contribution in [0.1, 0.15) is 19.8 Å². The standard InChI is InChI=1S/C11H22N4O/c1-2-14(7-4-10-16)6-3-8-15-9-5-11(12)13-15/h5,9,16H,2-4,6-8,10H2,1H3,(H2,12,13). The van der Waals surface area contributed by atoms with Crippen LogP contribution in [0.2, 0.25) is 0 Å². The molecule has 16 heavy (non-hydrogen) atoms. The molecule has 5 nitrogen and oxygen atoms in total. The molecule has 0 saturated heterocycles. The Morgan fingerprint density at radius 2 is 2.19 bits per heavy atom. The van der Waals surface area contributed by atoms with Crippen molar-refractivity contribution in [2.75, 3.05) is 32.0 Å². The fraction of sp³-hybridized carbons (Fsp3) is 0.727. The van der Waals surface area contributed by atoms with Gasteiger partial charge in [0, 0.05) is 25.9 Å². The van der Waals surface area contributed by atoms with Gasteiger partial charge in [0.1, 0.15) is 5.82 Å². The molecule has 1 rings (SSSR count). The van der Waals surface area contributed by atoms with Crippen molar-refractivity contribution in [3.63, 3.8) is 0 Å². The fourth-order valence-corrected chi connectivity index (χ4v) is 1.68. The molecule has 5 heteroatoms. The van der Waals surface area contributed by atoms with E-state index in [0.29, 0.717) is 5.82 Å². The Morgan fingerprint density at radius 1 is 1.44 bits per heavy atom. The van der Waals surface area contributed by atoms with Crippen LogP contribution in [0, 0.1) is 0 Å². The molecule has 0 atom stereocenters. The number of hydrogen-bond acceptors (Lipinski definition) is 4. The van der Waals surface area contributed by atoms with E-state index >= 15 is 0 Å². The van der Waals surface area contributed by atoms with Gasteiger partial charge in [0.2, 0.25) is 0 Å². The van der Waals surface area contributed by atoms with Gasteiger partial charge < -0.3 is 15.7 Å². The number of aryl methyl sites for hydroxylation is 1. The minimum Gasteiger partial charge on any atom is -0.396 e. The van der Waals surface area contributed by atoms with Crippen LogP contribution in [0.25, 0.3) is 0 Å². The highest BCUT2D eigenvalue weighted by Crippen LogP contribution is 1.99. The molecule has 0 fully saturated rings. The first kappa shape index (κ1) is 13.0. The third-order valence-corrected chi connectivity index (χ3v) is 2.60. The Kier molecular flexibility index (Phi) is 5.88. The van der Waals surface area contributed by atoms with E-state index in [2.05, 4.69) is 16.9 Å². The highest BCUT2D eigenvalue weighted by Gasteiger charge is 2.01. The maximum absolute atomic E-state index is 8.76. The number of nitrogen functional groups attached to an aromatic ring is 1. The van der Waals surface area contributed by atoms with Crippen molar-refractivity contribution in [2.45, 2.75) is 26.3 Å². The zero-order valence-electron chi connectivity index (χ0n) is 9.97. The molecule has 0 radical (unpaired) electrons. The minimum absolute atomic E-state index is 0.270. The second-order valence-corrected chi connectivity index (χ2v) is 3.87. The molecule has 0 saturated carbocycles. The lowest BCUT2D eigenvalue weighted by Crippen LogP contribution is -2.27. The first-order valence-electron chi connectivity index (χ1n) is 5.88. The normalized spacial score (nSPS) is 11.2. The van der Waals surface area contributed by atoms with Crippen molar-refractivity contribution >= 4 is 5.82 Å². The molecular formula is C11H22N4O. The molecule has 3 N–H and O–H groups in total. The number of rotatable bonds is 8. The maximum atomic E-state index is 8.76. The van der Waals surface area contributed by atoms with E-state index < -0.39 is 0 Å². The Hall–Kier alpha value is -1.07. The van der Waals surface area contributed by atoms with Gasteiger partial charge in [-0.1, -0.05) is 6.92 Å². The molecule has 0 aliphatic carbocycles. The van der Waals surface area contributed by atoms with Crippen molar-refractivity contribution in [2.24, 2.45) is 0 Å². The lowest BCUT2D eigenvalue weighted by atomic mass is 10.3. The van der Waals surface area contributed by atoms with Crippen LogP contribution >= 0.6 is 0 Å². The summed E-state index contributed by atoms with van der Waals surface area (Å²) < 4.78 is 1.87. The molecule has 0 amide bonds. The van der Waals surface area contributed by atoms with E-state index in [9.17, 15) is 0 Å². The average molecular weight is 226 g/mol.